The fourth-order valence-electron chi connectivity index (χ4n) is 2.21. The number of nitrogens with zero attached hydrogens (tertiary/aromatic N) is 1. The van der Waals surface area contributed by atoms with Crippen molar-refractivity contribution in [3.63, 3.8) is 0 Å². The van der Waals surface area contributed by atoms with Gasteiger partial charge in [0, 0.05) is 37.3 Å². The number of aromatic hydroxyl groups is 1. The van der Waals surface area contributed by atoms with E-state index in [9.17, 15) is 9.90 Å². The largest absolute Gasteiger partial charge is 0.508 e. The van der Waals surface area contributed by atoms with Crippen molar-refractivity contribution in [2.75, 3.05) is 13.2 Å². The molecule has 0 saturated carbocycles. The molecule has 0 bridgehead atoms. The van der Waals surface area contributed by atoms with Crippen molar-refractivity contribution in [1.29, 1.82) is 0 Å². The summed E-state index contributed by atoms with van der Waals surface area (Å²) in [6.07, 6.45) is 0.538. The summed E-state index contributed by atoms with van der Waals surface area (Å²) >= 11 is 0. The summed E-state index contributed by atoms with van der Waals surface area (Å²) in [4.78, 5) is 12.2. The molecule has 102 valence electrons. The third-order valence-corrected chi connectivity index (χ3v) is 3.32. The number of phenols is 1. The smallest absolute Gasteiger partial charge is 0.253 e. The van der Waals surface area contributed by atoms with Gasteiger partial charge in [-0.25, -0.2) is 0 Å². The Bertz CT molecular complexity index is 617. The van der Waals surface area contributed by atoms with Crippen LogP contribution in [0.4, 0.5) is 0 Å². The van der Waals surface area contributed by atoms with E-state index in [0.717, 1.165) is 16.6 Å². The van der Waals surface area contributed by atoms with Crippen LogP contribution in [0.15, 0.2) is 18.2 Å². The van der Waals surface area contributed by atoms with E-state index in [1.807, 2.05) is 18.5 Å². The molecular weight excluding hydrogens is 244 g/mol. The SMILES string of the molecule is Cc1c(C(=O)NCCCO)c2ccc(O)cc2n1C. The van der Waals surface area contributed by atoms with Gasteiger partial charge in [-0.1, -0.05) is 0 Å². The van der Waals surface area contributed by atoms with Crippen LogP contribution in [-0.2, 0) is 7.05 Å². The summed E-state index contributed by atoms with van der Waals surface area (Å²) in [5, 5.41) is 21.9. The number of aliphatic hydroxyl groups excluding tert-OH is 1. The maximum absolute atomic E-state index is 12.2. The van der Waals surface area contributed by atoms with Crippen LogP contribution in [0, 0.1) is 6.92 Å². The number of rotatable bonds is 4. The zero-order valence-corrected chi connectivity index (χ0v) is 11.1. The lowest BCUT2D eigenvalue weighted by Gasteiger charge is -2.04. The summed E-state index contributed by atoms with van der Waals surface area (Å²) in [5.41, 5.74) is 2.29. The lowest BCUT2D eigenvalue weighted by molar-refractivity contribution is 0.0952. The predicted molar refractivity (Wildman–Crippen MR) is 73.4 cm³/mol. The molecule has 1 aromatic heterocycles. The van der Waals surface area contributed by atoms with Crippen LogP contribution in [0.3, 0.4) is 0 Å². The highest BCUT2D eigenvalue weighted by molar-refractivity contribution is 6.08. The zero-order valence-electron chi connectivity index (χ0n) is 11.1. The second kappa shape index (κ2) is 5.32. The number of aryl methyl sites for hydroxylation is 1. The molecule has 2 rings (SSSR count). The van der Waals surface area contributed by atoms with E-state index in [2.05, 4.69) is 5.32 Å². The molecule has 0 spiro atoms. The quantitative estimate of drug-likeness (QED) is 0.727. The van der Waals surface area contributed by atoms with Crippen molar-refractivity contribution < 1.29 is 15.0 Å². The molecule has 19 heavy (non-hydrogen) atoms. The first-order chi connectivity index (χ1) is 9.06. The number of phenolic OH excluding ortho intramolecular Hbond substituents is 1. The van der Waals surface area contributed by atoms with Gasteiger partial charge in [0.1, 0.15) is 5.75 Å². The van der Waals surface area contributed by atoms with E-state index in [1.54, 1.807) is 18.2 Å². The summed E-state index contributed by atoms with van der Waals surface area (Å²) in [5.74, 6) is 0.0302. The Balaban J connectivity index is 2.42. The molecule has 1 heterocycles. The van der Waals surface area contributed by atoms with Gasteiger partial charge in [-0.2, -0.15) is 0 Å². The van der Waals surface area contributed by atoms with E-state index in [4.69, 9.17) is 5.11 Å². The molecule has 0 aliphatic carbocycles. The normalized spacial score (nSPS) is 10.9. The van der Waals surface area contributed by atoms with Gasteiger partial charge in [-0.3, -0.25) is 4.79 Å². The van der Waals surface area contributed by atoms with Crippen molar-refractivity contribution >= 4 is 16.8 Å². The van der Waals surface area contributed by atoms with Crippen LogP contribution in [0.2, 0.25) is 0 Å². The summed E-state index contributed by atoms with van der Waals surface area (Å²) in [7, 11) is 1.86. The van der Waals surface area contributed by atoms with Gasteiger partial charge in [0.05, 0.1) is 11.1 Å². The van der Waals surface area contributed by atoms with Gasteiger partial charge in [0.15, 0.2) is 0 Å². The standard InChI is InChI=1S/C14H18N2O3/c1-9-13(14(19)15-6-3-7-17)11-5-4-10(18)8-12(11)16(9)2/h4-5,8,17-18H,3,6-7H2,1-2H3,(H,15,19). The number of hydrogen-bond acceptors (Lipinski definition) is 3. The minimum atomic E-state index is -0.151. The highest BCUT2D eigenvalue weighted by atomic mass is 16.3. The van der Waals surface area contributed by atoms with Crippen LogP contribution in [-0.4, -0.2) is 33.8 Å². The van der Waals surface area contributed by atoms with Crippen molar-refractivity contribution in [3.05, 3.63) is 29.5 Å². The number of nitrogens with one attached hydrogen (secondary N) is 1. The average Bonchev–Trinajstić information content (AvgIpc) is 2.63. The molecule has 0 atom stereocenters. The maximum Gasteiger partial charge on any atom is 0.253 e. The van der Waals surface area contributed by atoms with Gasteiger partial charge in [-0.05, 0) is 25.5 Å². The number of fused-ring (bicyclic) bond motifs is 1. The highest BCUT2D eigenvalue weighted by Crippen LogP contribution is 2.27. The molecule has 0 unspecified atom stereocenters. The monoisotopic (exact) mass is 262 g/mol. The van der Waals surface area contributed by atoms with Gasteiger partial charge >= 0.3 is 0 Å². The fourth-order valence-corrected chi connectivity index (χ4v) is 2.21. The number of aliphatic hydroxyl groups is 1. The average molecular weight is 262 g/mol. The Morgan fingerprint density at radius 2 is 2.16 bits per heavy atom. The Morgan fingerprint density at radius 3 is 2.84 bits per heavy atom. The van der Waals surface area contributed by atoms with E-state index in [1.165, 1.54) is 0 Å². The molecule has 1 aromatic carbocycles. The van der Waals surface area contributed by atoms with Crippen molar-refractivity contribution in [2.45, 2.75) is 13.3 Å². The van der Waals surface area contributed by atoms with Gasteiger partial charge < -0.3 is 20.1 Å². The number of hydrogen-bond donors (Lipinski definition) is 3. The minimum Gasteiger partial charge on any atom is -0.508 e. The lowest BCUT2D eigenvalue weighted by Crippen LogP contribution is -2.25. The molecule has 5 nitrogen and oxygen atoms in total. The summed E-state index contributed by atoms with van der Waals surface area (Å²) in [6.45, 7) is 2.38. The topological polar surface area (TPSA) is 74.5 Å². The fraction of sp³-hybridized carbons (Fsp3) is 0.357. The molecule has 0 aliphatic heterocycles. The molecule has 2 aromatic rings. The van der Waals surface area contributed by atoms with E-state index in [0.29, 0.717) is 18.5 Å². The zero-order chi connectivity index (χ0) is 14.0. The first kappa shape index (κ1) is 13.4. The lowest BCUT2D eigenvalue weighted by atomic mass is 10.1. The molecule has 0 radical (unpaired) electrons. The van der Waals surface area contributed by atoms with Crippen molar-refractivity contribution in [3.8, 4) is 5.75 Å². The number of benzene rings is 1. The molecule has 1 amide bonds. The minimum absolute atomic E-state index is 0.0582. The van der Waals surface area contributed by atoms with Gasteiger partial charge in [0.2, 0.25) is 0 Å². The van der Waals surface area contributed by atoms with Crippen LogP contribution in [0.5, 0.6) is 5.75 Å². The predicted octanol–water partition coefficient (Wildman–Crippen LogP) is 1.30. The van der Waals surface area contributed by atoms with E-state index >= 15 is 0 Å². The molecule has 3 N–H and O–H groups in total. The maximum atomic E-state index is 12.2. The van der Waals surface area contributed by atoms with Crippen LogP contribution < -0.4 is 5.32 Å². The second-order valence-electron chi connectivity index (χ2n) is 4.55. The van der Waals surface area contributed by atoms with Crippen LogP contribution >= 0.6 is 0 Å². The molecule has 0 saturated heterocycles. The Labute approximate surface area is 111 Å². The first-order valence-corrected chi connectivity index (χ1v) is 6.23. The molecule has 0 fully saturated rings. The first-order valence-electron chi connectivity index (χ1n) is 6.23. The van der Waals surface area contributed by atoms with Gasteiger partial charge in [0.25, 0.3) is 5.91 Å². The third-order valence-electron chi connectivity index (χ3n) is 3.32. The molecular formula is C14H18N2O3. The van der Waals surface area contributed by atoms with Crippen LogP contribution in [0.1, 0.15) is 22.5 Å². The highest BCUT2D eigenvalue weighted by Gasteiger charge is 2.18. The number of carbonyl (C=O) groups excluding carboxylic acids is 1. The summed E-state index contributed by atoms with van der Waals surface area (Å²) < 4.78 is 1.88. The molecule has 5 heteroatoms. The van der Waals surface area contributed by atoms with E-state index in [-0.39, 0.29) is 18.3 Å². The number of amides is 1. The molecule has 0 aliphatic rings. The second-order valence-corrected chi connectivity index (χ2v) is 4.55. The number of carbonyl (C=O) groups is 1. The Morgan fingerprint density at radius 1 is 1.42 bits per heavy atom. The van der Waals surface area contributed by atoms with Crippen LogP contribution in [0.25, 0.3) is 10.9 Å². The Hall–Kier alpha value is -2.01. The van der Waals surface area contributed by atoms with E-state index < -0.39 is 0 Å². The van der Waals surface area contributed by atoms with Crippen molar-refractivity contribution in [1.82, 2.24) is 9.88 Å². The van der Waals surface area contributed by atoms with Crippen molar-refractivity contribution in [2.24, 2.45) is 7.05 Å². The Kier molecular flexibility index (Phi) is 3.76. The third kappa shape index (κ3) is 2.42. The number of aromatic nitrogens is 1. The summed E-state index contributed by atoms with van der Waals surface area (Å²) in [6, 6.07) is 4.97. The van der Waals surface area contributed by atoms with Gasteiger partial charge in [-0.15, -0.1) is 0 Å².